The number of aliphatic hydroxyl groups is 2. The lowest BCUT2D eigenvalue weighted by Crippen LogP contribution is -2.45. The summed E-state index contributed by atoms with van der Waals surface area (Å²) >= 11 is 0. The molecule has 0 heterocycles. The molecule has 0 saturated carbocycles. The number of carbonyl (C=O) groups excluding carboxylic acids is 2. The molecule has 0 bridgehead atoms. The number of unbranched alkanes of at least 4 members (excludes halogenated alkanes) is 36. The molecular weight excluding hydrogens is 743 g/mol. The molecule has 0 spiro atoms. The Labute approximate surface area is 373 Å². The van der Waals surface area contributed by atoms with Crippen LogP contribution in [0.5, 0.6) is 0 Å². The molecule has 1 amide bonds. The molecule has 0 saturated heterocycles. The minimum Gasteiger partial charge on any atom is -0.466 e. The lowest BCUT2D eigenvalue weighted by Gasteiger charge is -2.19. The second kappa shape index (κ2) is 50.0. The van der Waals surface area contributed by atoms with Crippen molar-refractivity contribution in [2.24, 2.45) is 0 Å². The SMILES string of the molecule is CCCCCCCCCCCCCC/C=C/C(O)C(CO)NC(=O)CCCCC/C=C\CCCCCCCCOC(=O)CCCCCCCCCCCCCCCCCC. The molecule has 6 nitrogen and oxygen atoms in total. The fourth-order valence-corrected chi connectivity index (χ4v) is 8.10. The Morgan fingerprint density at radius 1 is 0.450 bits per heavy atom. The first-order chi connectivity index (χ1) is 29.5. The van der Waals surface area contributed by atoms with E-state index in [-0.39, 0.29) is 18.5 Å². The van der Waals surface area contributed by atoms with Crippen LogP contribution in [0, 0.1) is 0 Å². The van der Waals surface area contributed by atoms with Crippen LogP contribution in [0.1, 0.15) is 284 Å². The minimum atomic E-state index is -0.860. The highest BCUT2D eigenvalue weighted by Crippen LogP contribution is 2.16. The Morgan fingerprint density at radius 2 is 0.783 bits per heavy atom. The summed E-state index contributed by atoms with van der Waals surface area (Å²) < 4.78 is 5.46. The van der Waals surface area contributed by atoms with Gasteiger partial charge in [0.1, 0.15) is 0 Å². The van der Waals surface area contributed by atoms with Gasteiger partial charge in [0.2, 0.25) is 5.91 Å². The molecule has 0 rings (SSSR count). The van der Waals surface area contributed by atoms with Gasteiger partial charge in [-0.15, -0.1) is 0 Å². The van der Waals surface area contributed by atoms with Gasteiger partial charge in [0.15, 0.2) is 0 Å². The van der Waals surface area contributed by atoms with Crippen molar-refractivity contribution in [2.45, 2.75) is 296 Å². The van der Waals surface area contributed by atoms with E-state index in [4.69, 9.17) is 4.74 Å². The van der Waals surface area contributed by atoms with E-state index in [0.29, 0.717) is 19.4 Å². The number of aliphatic hydroxyl groups excluding tert-OH is 2. The third-order valence-corrected chi connectivity index (χ3v) is 12.2. The normalized spacial score (nSPS) is 12.8. The molecule has 0 aromatic rings. The molecule has 0 aromatic carbocycles. The number of allylic oxidation sites excluding steroid dienone is 3. The maximum Gasteiger partial charge on any atom is 0.305 e. The zero-order valence-corrected chi connectivity index (χ0v) is 40.2. The largest absolute Gasteiger partial charge is 0.466 e. The molecule has 60 heavy (non-hydrogen) atoms. The lowest BCUT2D eigenvalue weighted by atomic mass is 10.0. The van der Waals surface area contributed by atoms with Gasteiger partial charge in [0.05, 0.1) is 25.4 Å². The second-order valence-electron chi connectivity index (χ2n) is 18.2. The first-order valence-corrected chi connectivity index (χ1v) is 26.6. The summed E-state index contributed by atoms with van der Waals surface area (Å²) in [6.07, 6.45) is 59.0. The topological polar surface area (TPSA) is 95.9 Å². The maximum atomic E-state index is 12.4. The summed E-state index contributed by atoms with van der Waals surface area (Å²) in [6, 6.07) is -0.647. The van der Waals surface area contributed by atoms with E-state index in [2.05, 4.69) is 31.3 Å². The molecule has 354 valence electrons. The van der Waals surface area contributed by atoms with Gasteiger partial charge in [-0.05, 0) is 57.8 Å². The molecule has 6 heteroatoms. The van der Waals surface area contributed by atoms with Gasteiger partial charge in [-0.25, -0.2) is 0 Å². The second-order valence-corrected chi connectivity index (χ2v) is 18.2. The number of rotatable bonds is 49. The van der Waals surface area contributed by atoms with Crippen LogP contribution >= 0.6 is 0 Å². The molecule has 0 aliphatic carbocycles. The fourth-order valence-electron chi connectivity index (χ4n) is 8.10. The summed E-state index contributed by atoms with van der Waals surface area (Å²) in [5, 5.41) is 23.0. The van der Waals surface area contributed by atoms with Crippen molar-refractivity contribution in [3.8, 4) is 0 Å². The predicted octanol–water partition coefficient (Wildman–Crippen LogP) is 15.9. The van der Waals surface area contributed by atoms with Crippen LogP contribution in [0.2, 0.25) is 0 Å². The van der Waals surface area contributed by atoms with Crippen molar-refractivity contribution < 1.29 is 24.5 Å². The summed E-state index contributed by atoms with van der Waals surface area (Å²) in [5.41, 5.74) is 0. The van der Waals surface area contributed by atoms with Crippen molar-refractivity contribution >= 4 is 11.9 Å². The highest BCUT2D eigenvalue weighted by molar-refractivity contribution is 5.76. The van der Waals surface area contributed by atoms with Gasteiger partial charge in [-0.1, -0.05) is 237 Å². The van der Waals surface area contributed by atoms with Crippen LogP contribution in [0.4, 0.5) is 0 Å². The van der Waals surface area contributed by atoms with Crippen LogP contribution in [0.3, 0.4) is 0 Å². The van der Waals surface area contributed by atoms with Crippen LogP contribution < -0.4 is 5.32 Å². The van der Waals surface area contributed by atoms with Crippen molar-refractivity contribution in [1.29, 1.82) is 0 Å². The highest BCUT2D eigenvalue weighted by Gasteiger charge is 2.18. The van der Waals surface area contributed by atoms with Gasteiger partial charge < -0.3 is 20.3 Å². The zero-order valence-electron chi connectivity index (χ0n) is 40.2. The lowest BCUT2D eigenvalue weighted by molar-refractivity contribution is -0.143. The standard InChI is InChI=1S/C54H103NO5/c1-3-5-7-9-11-13-15-17-19-20-24-28-32-36-40-44-48-54(59)60-49-45-41-37-33-29-25-21-23-27-31-35-39-43-47-53(58)55-51(50-56)52(57)46-42-38-34-30-26-22-18-16-14-12-10-8-6-4-2/h23,27,42,46,51-52,56-57H,3-22,24-26,28-41,43-45,47-50H2,1-2H3,(H,55,58)/b27-23-,46-42+. The van der Waals surface area contributed by atoms with E-state index < -0.39 is 12.1 Å². The molecular formula is C54H103NO5. The summed E-state index contributed by atoms with van der Waals surface area (Å²) in [5.74, 6) is -0.108. The highest BCUT2D eigenvalue weighted by atomic mass is 16.5. The van der Waals surface area contributed by atoms with Crippen molar-refractivity contribution in [2.75, 3.05) is 13.2 Å². The van der Waals surface area contributed by atoms with E-state index in [1.165, 1.54) is 186 Å². The van der Waals surface area contributed by atoms with Crippen LogP contribution in [-0.2, 0) is 14.3 Å². The number of ether oxygens (including phenoxy) is 1. The molecule has 0 radical (unpaired) electrons. The molecule has 0 fully saturated rings. The van der Waals surface area contributed by atoms with Gasteiger partial charge in [-0.3, -0.25) is 9.59 Å². The summed E-state index contributed by atoms with van der Waals surface area (Å²) in [4.78, 5) is 24.5. The Bertz CT molecular complexity index is 935. The van der Waals surface area contributed by atoms with E-state index in [9.17, 15) is 19.8 Å². The van der Waals surface area contributed by atoms with E-state index >= 15 is 0 Å². The van der Waals surface area contributed by atoms with Crippen molar-refractivity contribution in [3.05, 3.63) is 24.3 Å². The Hall–Kier alpha value is -1.66. The Morgan fingerprint density at radius 3 is 1.20 bits per heavy atom. The molecule has 0 aliphatic rings. The monoisotopic (exact) mass is 846 g/mol. The minimum absolute atomic E-state index is 0.0108. The number of carbonyl (C=O) groups is 2. The molecule has 0 aliphatic heterocycles. The average Bonchev–Trinajstić information content (AvgIpc) is 3.25. The van der Waals surface area contributed by atoms with Gasteiger partial charge in [0.25, 0.3) is 0 Å². The van der Waals surface area contributed by atoms with Crippen LogP contribution in [0.25, 0.3) is 0 Å². The quantitative estimate of drug-likeness (QED) is 0.0322. The zero-order chi connectivity index (χ0) is 43.7. The maximum absolute atomic E-state index is 12.4. The van der Waals surface area contributed by atoms with Crippen LogP contribution in [-0.4, -0.2) is 47.4 Å². The number of amides is 1. The molecule has 3 N–H and O–H groups in total. The number of hydrogen-bond acceptors (Lipinski definition) is 5. The van der Waals surface area contributed by atoms with Gasteiger partial charge in [-0.2, -0.15) is 0 Å². The Balaban J connectivity index is 3.51. The summed E-state index contributed by atoms with van der Waals surface area (Å²) in [6.45, 7) is 4.86. The summed E-state index contributed by atoms with van der Waals surface area (Å²) in [7, 11) is 0. The number of esters is 1. The van der Waals surface area contributed by atoms with E-state index in [0.717, 1.165) is 70.6 Å². The number of nitrogens with one attached hydrogen (secondary N) is 1. The first kappa shape index (κ1) is 58.3. The molecule has 2 atom stereocenters. The van der Waals surface area contributed by atoms with E-state index in [1.54, 1.807) is 6.08 Å². The average molecular weight is 846 g/mol. The predicted molar refractivity (Wildman–Crippen MR) is 260 cm³/mol. The van der Waals surface area contributed by atoms with Crippen LogP contribution in [0.15, 0.2) is 24.3 Å². The third kappa shape index (κ3) is 45.9. The van der Waals surface area contributed by atoms with Crippen molar-refractivity contribution in [1.82, 2.24) is 5.32 Å². The number of hydrogen-bond donors (Lipinski definition) is 3. The van der Waals surface area contributed by atoms with Crippen molar-refractivity contribution in [3.63, 3.8) is 0 Å². The first-order valence-electron chi connectivity index (χ1n) is 26.6. The molecule has 2 unspecified atom stereocenters. The third-order valence-electron chi connectivity index (χ3n) is 12.2. The van der Waals surface area contributed by atoms with Gasteiger partial charge >= 0.3 is 5.97 Å². The van der Waals surface area contributed by atoms with E-state index in [1.807, 2.05) is 6.08 Å². The fraction of sp³-hybridized carbons (Fsp3) is 0.889. The molecule has 0 aromatic heterocycles. The van der Waals surface area contributed by atoms with Gasteiger partial charge in [0, 0.05) is 12.8 Å². The smallest absolute Gasteiger partial charge is 0.305 e. The Kier molecular flexibility index (Phi) is 48.6.